The maximum atomic E-state index is 13.4. The van der Waals surface area contributed by atoms with Gasteiger partial charge in [-0.15, -0.1) is 0 Å². The number of carbonyl (C=O) groups is 2. The molecule has 2 aliphatic heterocycles. The minimum Gasteiger partial charge on any atom is -0.457 e. The van der Waals surface area contributed by atoms with Crippen molar-refractivity contribution in [3.8, 4) is 11.5 Å². The van der Waals surface area contributed by atoms with E-state index >= 15 is 0 Å². The maximum Gasteiger partial charge on any atom is 0.409 e. The number of hydrogen-bond acceptors (Lipinski definition) is 4. The van der Waals surface area contributed by atoms with Crippen molar-refractivity contribution in [1.82, 2.24) is 4.90 Å². The molecular formula is C25H22N2O4. The second-order valence-electron chi connectivity index (χ2n) is 7.73. The fraction of sp³-hybridized carbons (Fsp3) is 0.200. The molecule has 0 atom stereocenters. The molecule has 3 aromatic carbocycles. The number of hydrogen-bond donors (Lipinski definition) is 1. The molecule has 2 amide bonds. The van der Waals surface area contributed by atoms with Crippen LogP contribution in [0.4, 0.5) is 10.5 Å². The van der Waals surface area contributed by atoms with Crippen LogP contribution in [0.15, 0.2) is 66.7 Å². The number of nitrogens with zero attached hydrogens (tertiary/aromatic N) is 1. The van der Waals surface area contributed by atoms with Crippen LogP contribution in [0.1, 0.15) is 28.2 Å². The standard InChI is InChI=1S/C25H22N2O4/c1-30-25(29)27-13-12-16-10-11-18(14-17(16)15-27)26-24(28)23-19-6-2-4-8-21(19)31-22-9-5-3-7-20(22)23/h2-11,14,23H,12-13,15H2,1H3,(H,26,28). The van der Waals surface area contributed by atoms with E-state index in [9.17, 15) is 9.59 Å². The average Bonchev–Trinajstić information content (AvgIpc) is 2.81. The van der Waals surface area contributed by atoms with Crippen molar-refractivity contribution in [2.24, 2.45) is 0 Å². The Morgan fingerprint density at radius 2 is 1.65 bits per heavy atom. The molecule has 31 heavy (non-hydrogen) atoms. The predicted octanol–water partition coefficient (Wildman–Crippen LogP) is 4.69. The Morgan fingerprint density at radius 3 is 2.32 bits per heavy atom. The van der Waals surface area contributed by atoms with Crippen molar-refractivity contribution in [2.75, 3.05) is 19.0 Å². The van der Waals surface area contributed by atoms with Crippen molar-refractivity contribution in [3.05, 3.63) is 89.0 Å². The molecule has 0 aromatic heterocycles. The minimum absolute atomic E-state index is 0.121. The molecule has 0 saturated carbocycles. The van der Waals surface area contributed by atoms with Gasteiger partial charge in [-0.1, -0.05) is 42.5 Å². The summed E-state index contributed by atoms with van der Waals surface area (Å²) in [6.45, 7) is 1.09. The number of ether oxygens (including phenoxy) is 2. The predicted molar refractivity (Wildman–Crippen MR) is 116 cm³/mol. The van der Waals surface area contributed by atoms with Gasteiger partial charge in [-0.05, 0) is 41.8 Å². The summed E-state index contributed by atoms with van der Waals surface area (Å²) >= 11 is 0. The summed E-state index contributed by atoms with van der Waals surface area (Å²) < 4.78 is 10.8. The van der Waals surface area contributed by atoms with Crippen molar-refractivity contribution >= 4 is 17.7 Å². The van der Waals surface area contributed by atoms with Gasteiger partial charge in [-0.3, -0.25) is 4.79 Å². The highest BCUT2D eigenvalue weighted by Crippen LogP contribution is 2.44. The topological polar surface area (TPSA) is 67.9 Å². The molecule has 0 bridgehead atoms. The molecule has 0 unspecified atom stereocenters. The monoisotopic (exact) mass is 414 g/mol. The highest BCUT2D eigenvalue weighted by Gasteiger charge is 2.32. The smallest absolute Gasteiger partial charge is 0.409 e. The first-order chi connectivity index (χ1) is 15.1. The molecule has 0 saturated heterocycles. The number of carbonyl (C=O) groups excluding carboxylic acids is 2. The Kier molecular flexibility index (Phi) is 4.82. The zero-order chi connectivity index (χ0) is 21.4. The molecule has 0 aliphatic carbocycles. The van der Waals surface area contributed by atoms with Crippen LogP contribution in [0.2, 0.25) is 0 Å². The van der Waals surface area contributed by atoms with Crippen LogP contribution < -0.4 is 10.1 Å². The van der Waals surface area contributed by atoms with Gasteiger partial charge in [0.1, 0.15) is 11.5 Å². The van der Waals surface area contributed by atoms with Crippen molar-refractivity contribution < 1.29 is 19.1 Å². The first-order valence-corrected chi connectivity index (χ1v) is 10.3. The van der Waals surface area contributed by atoms with Gasteiger partial charge in [-0.25, -0.2) is 4.79 Å². The zero-order valence-electron chi connectivity index (χ0n) is 17.1. The number of rotatable bonds is 2. The number of methoxy groups -OCH3 is 1. The summed E-state index contributed by atoms with van der Waals surface area (Å²) in [5.74, 6) is 0.800. The van der Waals surface area contributed by atoms with Gasteiger partial charge in [0.15, 0.2) is 0 Å². The number of anilines is 1. The third kappa shape index (κ3) is 3.50. The molecule has 2 aliphatic rings. The van der Waals surface area contributed by atoms with E-state index in [1.807, 2.05) is 66.7 Å². The van der Waals surface area contributed by atoms with E-state index in [4.69, 9.17) is 9.47 Å². The number of para-hydroxylation sites is 2. The summed E-state index contributed by atoms with van der Waals surface area (Å²) in [6.07, 6.45) is 0.426. The third-order valence-electron chi connectivity index (χ3n) is 5.86. The lowest BCUT2D eigenvalue weighted by atomic mass is 9.87. The number of nitrogens with one attached hydrogen (secondary N) is 1. The van der Waals surface area contributed by atoms with Crippen molar-refractivity contribution in [3.63, 3.8) is 0 Å². The Balaban J connectivity index is 1.44. The quantitative estimate of drug-likeness (QED) is 0.661. The fourth-order valence-corrected chi connectivity index (χ4v) is 4.33. The molecule has 2 heterocycles. The third-order valence-corrected chi connectivity index (χ3v) is 5.86. The Labute approximate surface area is 180 Å². The average molecular weight is 414 g/mol. The van der Waals surface area contributed by atoms with E-state index in [1.165, 1.54) is 12.7 Å². The normalized spacial score (nSPS) is 14.5. The molecule has 1 N–H and O–H groups in total. The fourth-order valence-electron chi connectivity index (χ4n) is 4.33. The highest BCUT2D eigenvalue weighted by molar-refractivity contribution is 5.99. The summed E-state index contributed by atoms with van der Waals surface area (Å²) in [4.78, 5) is 27.0. The number of amides is 2. The summed E-state index contributed by atoms with van der Waals surface area (Å²) in [5, 5.41) is 3.07. The SMILES string of the molecule is COC(=O)N1CCc2ccc(NC(=O)C3c4ccccc4Oc4ccccc43)cc2C1. The van der Waals surface area contributed by atoms with Gasteiger partial charge < -0.3 is 19.7 Å². The van der Waals surface area contributed by atoms with E-state index in [2.05, 4.69) is 5.32 Å². The van der Waals surface area contributed by atoms with Crippen molar-refractivity contribution in [1.29, 1.82) is 0 Å². The first-order valence-electron chi connectivity index (χ1n) is 10.3. The molecular weight excluding hydrogens is 392 g/mol. The van der Waals surface area contributed by atoms with Crippen LogP contribution in [-0.4, -0.2) is 30.6 Å². The largest absolute Gasteiger partial charge is 0.457 e. The first kappa shape index (κ1) is 19.2. The molecule has 0 fully saturated rings. The van der Waals surface area contributed by atoms with Crippen LogP contribution in [0.5, 0.6) is 11.5 Å². The summed E-state index contributed by atoms with van der Waals surface area (Å²) in [7, 11) is 1.39. The number of benzene rings is 3. The van der Waals surface area contributed by atoms with Gasteiger partial charge in [0.05, 0.1) is 13.0 Å². The Hall–Kier alpha value is -3.80. The van der Waals surface area contributed by atoms with Gasteiger partial charge in [0.2, 0.25) is 5.91 Å². The zero-order valence-corrected chi connectivity index (χ0v) is 17.1. The minimum atomic E-state index is -0.469. The van der Waals surface area contributed by atoms with E-state index in [1.54, 1.807) is 4.90 Å². The van der Waals surface area contributed by atoms with Crippen LogP contribution in [-0.2, 0) is 22.5 Å². The summed E-state index contributed by atoms with van der Waals surface area (Å²) in [5.41, 5.74) is 4.58. The summed E-state index contributed by atoms with van der Waals surface area (Å²) in [6, 6.07) is 21.1. The second-order valence-corrected chi connectivity index (χ2v) is 7.73. The van der Waals surface area contributed by atoms with E-state index in [0.717, 1.165) is 23.1 Å². The molecule has 6 nitrogen and oxygen atoms in total. The Morgan fingerprint density at radius 1 is 0.968 bits per heavy atom. The lowest BCUT2D eigenvalue weighted by Gasteiger charge is -2.29. The van der Waals surface area contributed by atoms with Gasteiger partial charge in [0.25, 0.3) is 0 Å². The van der Waals surface area contributed by atoms with Crippen molar-refractivity contribution in [2.45, 2.75) is 18.9 Å². The molecule has 6 heteroatoms. The van der Waals surface area contributed by atoms with E-state index in [-0.39, 0.29) is 12.0 Å². The molecule has 0 radical (unpaired) electrons. The lowest BCUT2D eigenvalue weighted by Crippen LogP contribution is -2.35. The number of fused-ring (bicyclic) bond motifs is 3. The van der Waals surface area contributed by atoms with E-state index in [0.29, 0.717) is 30.3 Å². The molecule has 156 valence electrons. The van der Waals surface area contributed by atoms with Crippen LogP contribution in [0, 0.1) is 0 Å². The van der Waals surface area contributed by atoms with Crippen LogP contribution in [0.25, 0.3) is 0 Å². The van der Waals surface area contributed by atoms with Gasteiger partial charge in [-0.2, -0.15) is 0 Å². The molecule has 0 spiro atoms. The molecule has 3 aromatic rings. The lowest BCUT2D eigenvalue weighted by molar-refractivity contribution is -0.116. The maximum absolute atomic E-state index is 13.4. The highest BCUT2D eigenvalue weighted by atomic mass is 16.5. The van der Waals surface area contributed by atoms with Gasteiger partial charge >= 0.3 is 6.09 Å². The molecule has 5 rings (SSSR count). The van der Waals surface area contributed by atoms with Gasteiger partial charge in [0, 0.05) is 29.9 Å². The van der Waals surface area contributed by atoms with Crippen LogP contribution >= 0.6 is 0 Å². The Bertz CT molecular complexity index is 1130. The second kappa shape index (κ2) is 7.80. The van der Waals surface area contributed by atoms with E-state index < -0.39 is 5.92 Å². The van der Waals surface area contributed by atoms with Crippen LogP contribution in [0.3, 0.4) is 0 Å².